The minimum atomic E-state index is -0.655. The second-order valence-electron chi connectivity index (χ2n) is 8.03. The molecule has 1 aliphatic rings. The predicted molar refractivity (Wildman–Crippen MR) is 126 cm³/mol. The first-order valence-electron chi connectivity index (χ1n) is 10.9. The van der Waals surface area contributed by atoms with E-state index in [9.17, 15) is 9.59 Å². The third-order valence-corrected chi connectivity index (χ3v) is 6.31. The number of pyridine rings is 1. The van der Waals surface area contributed by atoms with E-state index >= 15 is 4.39 Å². The lowest BCUT2D eigenvalue weighted by Crippen LogP contribution is -2.49. The third kappa shape index (κ3) is 4.37. The van der Waals surface area contributed by atoms with E-state index in [-0.39, 0.29) is 34.0 Å². The summed E-state index contributed by atoms with van der Waals surface area (Å²) in [6, 6.07) is 8.17. The Hall–Kier alpha value is -3.77. The Morgan fingerprint density at radius 3 is 2.76 bits per heavy atom. The van der Waals surface area contributed by atoms with Crippen LogP contribution in [0.15, 0.2) is 41.3 Å². The molecule has 8 nitrogen and oxygen atoms in total. The summed E-state index contributed by atoms with van der Waals surface area (Å²) >= 11 is 6.40. The zero-order valence-corrected chi connectivity index (χ0v) is 19.4. The van der Waals surface area contributed by atoms with Crippen LogP contribution in [0.5, 0.6) is 0 Å². The molecule has 0 saturated heterocycles. The molecule has 0 aliphatic carbocycles. The van der Waals surface area contributed by atoms with Gasteiger partial charge in [-0.3, -0.25) is 4.79 Å². The molecule has 2 N–H and O–H groups in total. The number of aromatic nitrogens is 3. The Bertz CT molecular complexity index is 1330. The normalized spacial score (nSPS) is 17.1. The quantitative estimate of drug-likeness (QED) is 0.555. The van der Waals surface area contributed by atoms with E-state index in [1.807, 2.05) is 19.9 Å². The summed E-state index contributed by atoms with van der Waals surface area (Å²) in [5, 5.41) is 18.4. The molecular weight excluding hydrogens is 459 g/mol. The Labute approximate surface area is 200 Å². The fourth-order valence-electron chi connectivity index (χ4n) is 4.34. The van der Waals surface area contributed by atoms with Crippen molar-refractivity contribution in [3.05, 3.63) is 74.7 Å². The highest BCUT2D eigenvalue weighted by Gasteiger charge is 2.37. The molecule has 0 spiro atoms. The van der Waals surface area contributed by atoms with Gasteiger partial charge >= 0.3 is 6.03 Å². The van der Waals surface area contributed by atoms with Crippen LogP contribution in [0.3, 0.4) is 0 Å². The molecule has 0 unspecified atom stereocenters. The first-order valence-corrected chi connectivity index (χ1v) is 11.3. The lowest BCUT2D eigenvalue weighted by molar-refractivity contribution is 0.135. The number of benzene rings is 1. The lowest BCUT2D eigenvalue weighted by atomic mass is 9.90. The molecule has 34 heavy (non-hydrogen) atoms. The first-order chi connectivity index (χ1) is 16.4. The SMILES string of the molecule is CC[C@H]1Cc2cc(=O)[nH]nc2[C@@H](CC)N1C(=O)Nc1cc(Cl)c(-c2ccc(C#N)nc2)cc1F. The second-order valence-corrected chi connectivity index (χ2v) is 8.43. The molecule has 10 heteroatoms. The van der Waals surface area contributed by atoms with E-state index in [4.69, 9.17) is 16.9 Å². The molecule has 1 aliphatic heterocycles. The van der Waals surface area contributed by atoms with Crippen molar-refractivity contribution in [2.75, 3.05) is 5.32 Å². The maximum atomic E-state index is 15.0. The van der Waals surface area contributed by atoms with Crippen LogP contribution in [-0.4, -0.2) is 32.2 Å². The van der Waals surface area contributed by atoms with E-state index in [0.29, 0.717) is 36.1 Å². The standard InChI is InChI=1S/C24H22ClFN6O2/c1-3-16-7-14-8-22(33)30-31-23(14)21(4-2)32(16)24(34)29-20-10-18(25)17(9-19(20)26)13-5-6-15(11-27)28-12-13/h5-6,8-10,12,16,21H,3-4,7H2,1-2H3,(H,29,34)(H,30,33)/t16-,21+/m0/s1. The molecule has 2 amide bonds. The maximum absolute atomic E-state index is 15.0. The van der Waals surface area contributed by atoms with Gasteiger partial charge in [0.05, 0.1) is 22.4 Å². The van der Waals surface area contributed by atoms with Crippen LogP contribution < -0.4 is 10.9 Å². The third-order valence-electron chi connectivity index (χ3n) is 6.00. The molecule has 2 aromatic heterocycles. The van der Waals surface area contributed by atoms with Crippen molar-refractivity contribution >= 4 is 23.3 Å². The molecule has 0 bridgehead atoms. The van der Waals surface area contributed by atoms with Gasteiger partial charge in [0.1, 0.15) is 17.6 Å². The van der Waals surface area contributed by atoms with Gasteiger partial charge in [-0.1, -0.05) is 25.4 Å². The van der Waals surface area contributed by atoms with Crippen LogP contribution >= 0.6 is 11.6 Å². The summed E-state index contributed by atoms with van der Waals surface area (Å²) < 4.78 is 15.0. The van der Waals surface area contributed by atoms with Crippen molar-refractivity contribution in [3.8, 4) is 17.2 Å². The highest BCUT2D eigenvalue weighted by atomic mass is 35.5. The maximum Gasteiger partial charge on any atom is 0.322 e. The largest absolute Gasteiger partial charge is 0.322 e. The Morgan fingerprint density at radius 1 is 1.32 bits per heavy atom. The number of rotatable bonds is 4. The van der Waals surface area contributed by atoms with Crippen LogP contribution in [0, 0.1) is 17.1 Å². The highest BCUT2D eigenvalue weighted by Crippen LogP contribution is 2.36. The Balaban J connectivity index is 1.63. The van der Waals surface area contributed by atoms with E-state index < -0.39 is 11.8 Å². The van der Waals surface area contributed by atoms with E-state index in [1.165, 1.54) is 30.5 Å². The van der Waals surface area contributed by atoms with Crippen molar-refractivity contribution in [1.29, 1.82) is 5.26 Å². The van der Waals surface area contributed by atoms with Gasteiger partial charge < -0.3 is 10.2 Å². The van der Waals surface area contributed by atoms with Gasteiger partial charge in [-0.05, 0) is 49.1 Å². The van der Waals surface area contributed by atoms with Gasteiger partial charge in [0.25, 0.3) is 5.56 Å². The zero-order valence-electron chi connectivity index (χ0n) is 18.6. The number of carbonyl (C=O) groups excluding carboxylic acids is 1. The van der Waals surface area contributed by atoms with Crippen molar-refractivity contribution < 1.29 is 9.18 Å². The van der Waals surface area contributed by atoms with Gasteiger partial charge in [-0.25, -0.2) is 19.3 Å². The number of anilines is 1. The number of nitriles is 1. The number of hydrogen-bond acceptors (Lipinski definition) is 5. The summed E-state index contributed by atoms with van der Waals surface area (Å²) in [5.74, 6) is -0.655. The zero-order chi connectivity index (χ0) is 24.4. The van der Waals surface area contributed by atoms with Crippen molar-refractivity contribution in [3.63, 3.8) is 0 Å². The Morgan fingerprint density at radius 2 is 2.12 bits per heavy atom. The topological polar surface area (TPSA) is 115 Å². The molecule has 0 fully saturated rings. The summed E-state index contributed by atoms with van der Waals surface area (Å²) in [5.41, 5.74) is 2.31. The molecule has 2 atom stereocenters. The van der Waals surface area contributed by atoms with Crippen molar-refractivity contribution in [2.45, 2.75) is 45.2 Å². The van der Waals surface area contributed by atoms with Crippen molar-refractivity contribution in [2.24, 2.45) is 0 Å². The molecule has 4 rings (SSSR count). The predicted octanol–water partition coefficient (Wildman–Crippen LogP) is 4.82. The number of urea groups is 1. The fourth-order valence-corrected chi connectivity index (χ4v) is 4.62. The van der Waals surface area contributed by atoms with Gasteiger partial charge in [0, 0.05) is 29.4 Å². The van der Waals surface area contributed by atoms with Crippen LogP contribution in [-0.2, 0) is 6.42 Å². The molecule has 0 saturated carbocycles. The molecule has 3 aromatic rings. The van der Waals surface area contributed by atoms with Gasteiger partial charge in [0.2, 0.25) is 0 Å². The average molecular weight is 481 g/mol. The van der Waals surface area contributed by atoms with Gasteiger partial charge in [-0.15, -0.1) is 0 Å². The number of H-pyrrole nitrogens is 1. The Kier molecular flexibility index (Phi) is 6.61. The summed E-state index contributed by atoms with van der Waals surface area (Å²) in [7, 11) is 0. The lowest BCUT2D eigenvalue weighted by Gasteiger charge is -2.41. The van der Waals surface area contributed by atoms with E-state index in [0.717, 1.165) is 5.56 Å². The van der Waals surface area contributed by atoms with Gasteiger partial charge in [-0.2, -0.15) is 10.4 Å². The van der Waals surface area contributed by atoms with Crippen LogP contribution in [0.2, 0.25) is 5.02 Å². The highest BCUT2D eigenvalue weighted by molar-refractivity contribution is 6.33. The number of fused-ring (bicyclic) bond motifs is 1. The minimum Gasteiger partial charge on any atom is -0.313 e. The smallest absolute Gasteiger partial charge is 0.313 e. The molecule has 3 heterocycles. The average Bonchev–Trinajstić information content (AvgIpc) is 2.84. The summed E-state index contributed by atoms with van der Waals surface area (Å²) in [4.78, 5) is 30.7. The molecule has 174 valence electrons. The van der Waals surface area contributed by atoms with E-state index in [2.05, 4.69) is 20.5 Å². The summed E-state index contributed by atoms with van der Waals surface area (Å²) in [6.45, 7) is 3.89. The van der Waals surface area contributed by atoms with Gasteiger partial charge in [0.15, 0.2) is 0 Å². The number of amides is 2. The van der Waals surface area contributed by atoms with E-state index in [1.54, 1.807) is 11.0 Å². The number of hydrogen-bond donors (Lipinski definition) is 2. The fraction of sp³-hybridized carbons (Fsp3) is 0.292. The molecular formula is C24H22ClFN6O2. The molecule has 1 aromatic carbocycles. The van der Waals surface area contributed by atoms with Crippen LogP contribution in [0.1, 0.15) is 49.7 Å². The van der Waals surface area contributed by atoms with Crippen molar-refractivity contribution in [1.82, 2.24) is 20.1 Å². The summed E-state index contributed by atoms with van der Waals surface area (Å²) in [6.07, 6.45) is 3.16. The number of nitrogens with one attached hydrogen (secondary N) is 2. The first kappa shape index (κ1) is 23.4. The minimum absolute atomic E-state index is 0.0507. The number of nitrogens with zero attached hydrogens (tertiary/aromatic N) is 4. The number of aromatic amines is 1. The second kappa shape index (κ2) is 9.61. The number of carbonyl (C=O) groups is 1. The number of halogens is 2. The monoisotopic (exact) mass is 480 g/mol. The molecule has 0 radical (unpaired) electrons. The van der Waals surface area contributed by atoms with Crippen LogP contribution in [0.4, 0.5) is 14.9 Å². The van der Waals surface area contributed by atoms with Crippen LogP contribution in [0.25, 0.3) is 11.1 Å².